The quantitative estimate of drug-likeness (QED) is 0.720. The van der Waals surface area contributed by atoms with Gasteiger partial charge in [-0.1, -0.05) is 0 Å². The Bertz CT molecular complexity index is 326. The van der Waals surface area contributed by atoms with Crippen molar-refractivity contribution in [3.8, 4) is 0 Å². The molecular formula is C11H16O2S. The summed E-state index contributed by atoms with van der Waals surface area (Å²) in [6.45, 7) is 8.10. The molecule has 0 atom stereocenters. The lowest BCUT2D eigenvalue weighted by Crippen LogP contribution is -2.30. The van der Waals surface area contributed by atoms with Crippen LogP contribution >= 0.6 is 11.3 Å². The summed E-state index contributed by atoms with van der Waals surface area (Å²) in [6, 6.07) is 2.03. The van der Waals surface area contributed by atoms with Gasteiger partial charge in [0.15, 0.2) is 0 Å². The maximum Gasteiger partial charge on any atom is 0.316 e. The van der Waals surface area contributed by atoms with Crippen LogP contribution in [0.3, 0.4) is 0 Å². The molecule has 3 heteroatoms. The van der Waals surface area contributed by atoms with E-state index in [1.807, 2.05) is 39.1 Å². The Morgan fingerprint density at radius 3 is 2.64 bits per heavy atom. The fourth-order valence-corrected chi connectivity index (χ4v) is 2.46. The highest BCUT2D eigenvalue weighted by molar-refractivity contribution is 7.10. The van der Waals surface area contributed by atoms with Gasteiger partial charge in [0.1, 0.15) is 0 Å². The van der Waals surface area contributed by atoms with Crippen LogP contribution in [0.5, 0.6) is 0 Å². The van der Waals surface area contributed by atoms with Crippen molar-refractivity contribution in [1.29, 1.82) is 0 Å². The molecule has 0 aliphatic rings. The van der Waals surface area contributed by atoms with E-state index in [4.69, 9.17) is 4.74 Å². The Morgan fingerprint density at radius 2 is 2.21 bits per heavy atom. The molecule has 0 amide bonds. The highest BCUT2D eigenvalue weighted by atomic mass is 32.1. The van der Waals surface area contributed by atoms with E-state index < -0.39 is 5.41 Å². The number of thiophene rings is 1. The molecule has 0 aromatic carbocycles. The Kier molecular flexibility index (Phi) is 3.32. The minimum absolute atomic E-state index is 0.148. The second kappa shape index (κ2) is 4.13. The summed E-state index contributed by atoms with van der Waals surface area (Å²) >= 11 is 1.61. The minimum atomic E-state index is -0.520. The molecule has 0 spiro atoms. The molecule has 1 rings (SSSR count). The molecule has 0 aliphatic carbocycles. The van der Waals surface area contributed by atoms with Crippen molar-refractivity contribution in [3.63, 3.8) is 0 Å². The maximum atomic E-state index is 11.7. The molecule has 0 saturated heterocycles. The van der Waals surface area contributed by atoms with Crippen molar-refractivity contribution in [2.24, 2.45) is 0 Å². The first-order chi connectivity index (χ1) is 6.50. The van der Waals surface area contributed by atoms with Gasteiger partial charge in [0.05, 0.1) is 12.0 Å². The van der Waals surface area contributed by atoms with Crippen LogP contribution < -0.4 is 0 Å². The molecule has 78 valence electrons. The van der Waals surface area contributed by atoms with Crippen molar-refractivity contribution in [2.75, 3.05) is 6.61 Å². The van der Waals surface area contributed by atoms with Crippen LogP contribution in [0, 0.1) is 6.92 Å². The fourth-order valence-electron chi connectivity index (χ4n) is 1.42. The van der Waals surface area contributed by atoms with Crippen molar-refractivity contribution in [1.82, 2.24) is 0 Å². The lowest BCUT2D eigenvalue weighted by molar-refractivity contribution is -0.148. The average molecular weight is 212 g/mol. The number of aryl methyl sites for hydroxylation is 1. The van der Waals surface area contributed by atoms with E-state index in [1.54, 1.807) is 11.3 Å². The van der Waals surface area contributed by atoms with Crippen LogP contribution in [0.25, 0.3) is 0 Å². The number of carbonyl (C=O) groups excluding carboxylic acids is 1. The summed E-state index contributed by atoms with van der Waals surface area (Å²) in [5, 5.41) is 2.01. The normalized spacial score (nSPS) is 11.4. The van der Waals surface area contributed by atoms with E-state index in [0.29, 0.717) is 6.61 Å². The van der Waals surface area contributed by atoms with E-state index in [2.05, 4.69) is 0 Å². The predicted octanol–water partition coefficient (Wildman–Crippen LogP) is 2.90. The summed E-state index contributed by atoms with van der Waals surface area (Å²) in [4.78, 5) is 12.8. The van der Waals surface area contributed by atoms with E-state index >= 15 is 0 Å². The molecule has 0 bridgehead atoms. The van der Waals surface area contributed by atoms with Crippen molar-refractivity contribution < 1.29 is 9.53 Å². The fraction of sp³-hybridized carbons (Fsp3) is 0.545. The Morgan fingerprint density at radius 1 is 1.57 bits per heavy atom. The van der Waals surface area contributed by atoms with Crippen LogP contribution in [-0.2, 0) is 14.9 Å². The van der Waals surface area contributed by atoms with Gasteiger partial charge in [-0.25, -0.2) is 0 Å². The molecule has 1 aromatic heterocycles. The lowest BCUT2D eigenvalue weighted by atomic mass is 9.89. The number of hydrogen-bond donors (Lipinski definition) is 0. The summed E-state index contributed by atoms with van der Waals surface area (Å²) < 4.78 is 5.05. The van der Waals surface area contributed by atoms with E-state index in [9.17, 15) is 4.79 Å². The van der Waals surface area contributed by atoms with Crippen LogP contribution in [0.1, 0.15) is 31.2 Å². The van der Waals surface area contributed by atoms with Crippen molar-refractivity contribution in [2.45, 2.75) is 33.1 Å². The predicted molar refractivity (Wildman–Crippen MR) is 58.7 cm³/mol. The summed E-state index contributed by atoms with van der Waals surface area (Å²) in [5.74, 6) is -0.148. The number of esters is 1. The average Bonchev–Trinajstić information content (AvgIpc) is 2.52. The number of ether oxygens (including phenoxy) is 1. The largest absolute Gasteiger partial charge is 0.465 e. The monoisotopic (exact) mass is 212 g/mol. The van der Waals surface area contributed by atoms with Gasteiger partial charge >= 0.3 is 5.97 Å². The summed E-state index contributed by atoms with van der Waals surface area (Å²) in [5.41, 5.74) is 0.641. The molecule has 0 aliphatic heterocycles. The zero-order valence-electron chi connectivity index (χ0n) is 9.09. The van der Waals surface area contributed by atoms with Gasteiger partial charge in [0, 0.05) is 4.88 Å². The molecule has 0 unspecified atom stereocenters. The third-order valence-electron chi connectivity index (χ3n) is 2.22. The Labute approximate surface area is 88.9 Å². The molecule has 1 aromatic rings. The van der Waals surface area contributed by atoms with Gasteiger partial charge in [-0.2, -0.15) is 0 Å². The highest BCUT2D eigenvalue weighted by Crippen LogP contribution is 2.31. The third kappa shape index (κ3) is 1.98. The third-order valence-corrected chi connectivity index (χ3v) is 3.56. The van der Waals surface area contributed by atoms with Crippen LogP contribution in [0.2, 0.25) is 0 Å². The first kappa shape index (κ1) is 11.2. The lowest BCUT2D eigenvalue weighted by Gasteiger charge is -2.21. The van der Waals surface area contributed by atoms with E-state index in [1.165, 1.54) is 0 Å². The van der Waals surface area contributed by atoms with Gasteiger partial charge in [0.25, 0.3) is 0 Å². The van der Waals surface area contributed by atoms with Gasteiger partial charge in [-0.15, -0.1) is 11.3 Å². The highest BCUT2D eigenvalue weighted by Gasteiger charge is 2.33. The first-order valence-corrected chi connectivity index (χ1v) is 5.60. The van der Waals surface area contributed by atoms with Gasteiger partial charge in [-0.05, 0) is 44.7 Å². The Balaban J connectivity index is 2.95. The topological polar surface area (TPSA) is 26.3 Å². The zero-order valence-corrected chi connectivity index (χ0v) is 9.90. The van der Waals surface area contributed by atoms with Gasteiger partial charge in [0.2, 0.25) is 0 Å². The van der Waals surface area contributed by atoms with Crippen molar-refractivity contribution in [3.05, 3.63) is 21.9 Å². The number of rotatable bonds is 3. The van der Waals surface area contributed by atoms with Crippen LogP contribution in [0.15, 0.2) is 11.4 Å². The first-order valence-electron chi connectivity index (χ1n) is 4.72. The van der Waals surface area contributed by atoms with E-state index in [0.717, 1.165) is 10.4 Å². The SMILES string of the molecule is CCOC(=O)C(C)(C)c1sccc1C. The maximum absolute atomic E-state index is 11.7. The summed E-state index contributed by atoms with van der Waals surface area (Å²) in [6.07, 6.45) is 0. The second-order valence-electron chi connectivity index (χ2n) is 3.78. The molecule has 14 heavy (non-hydrogen) atoms. The van der Waals surface area contributed by atoms with Crippen LogP contribution in [0.4, 0.5) is 0 Å². The molecular weight excluding hydrogens is 196 g/mol. The van der Waals surface area contributed by atoms with Gasteiger partial charge in [-0.3, -0.25) is 4.79 Å². The molecule has 2 nitrogen and oxygen atoms in total. The molecule has 0 saturated carbocycles. The van der Waals surface area contributed by atoms with Gasteiger partial charge < -0.3 is 4.74 Å². The smallest absolute Gasteiger partial charge is 0.316 e. The molecule has 0 radical (unpaired) electrons. The molecule has 0 fully saturated rings. The molecule has 0 N–H and O–H groups in total. The molecule has 1 heterocycles. The summed E-state index contributed by atoms with van der Waals surface area (Å²) in [7, 11) is 0. The number of carbonyl (C=O) groups is 1. The minimum Gasteiger partial charge on any atom is -0.465 e. The van der Waals surface area contributed by atoms with Crippen LogP contribution in [-0.4, -0.2) is 12.6 Å². The van der Waals surface area contributed by atoms with E-state index in [-0.39, 0.29) is 5.97 Å². The van der Waals surface area contributed by atoms with Crippen molar-refractivity contribution >= 4 is 17.3 Å². The second-order valence-corrected chi connectivity index (χ2v) is 4.69. The standard InChI is InChI=1S/C11H16O2S/c1-5-13-10(12)11(3,4)9-8(2)6-7-14-9/h6-7H,5H2,1-4H3. The number of hydrogen-bond acceptors (Lipinski definition) is 3. The zero-order chi connectivity index (χ0) is 10.8. The Hall–Kier alpha value is -0.830.